The first kappa shape index (κ1) is 13.7. The SMILES string of the molecule is COC(C(=O)c1ccc2nc(C)ccc2c1)C(C)C. The summed E-state index contributed by atoms with van der Waals surface area (Å²) in [6.07, 6.45) is -0.393. The predicted octanol–water partition coefficient (Wildman–Crippen LogP) is 3.40. The van der Waals surface area contributed by atoms with E-state index in [2.05, 4.69) is 4.98 Å². The second-order valence-corrected chi connectivity index (χ2v) is 5.12. The first-order valence-electron chi connectivity index (χ1n) is 6.47. The van der Waals surface area contributed by atoms with Crippen LogP contribution < -0.4 is 0 Å². The highest BCUT2D eigenvalue weighted by Gasteiger charge is 2.23. The summed E-state index contributed by atoms with van der Waals surface area (Å²) < 4.78 is 5.29. The molecule has 19 heavy (non-hydrogen) atoms. The molecular formula is C16H19NO2. The quantitative estimate of drug-likeness (QED) is 0.788. The van der Waals surface area contributed by atoms with Gasteiger partial charge in [-0.05, 0) is 37.1 Å². The molecule has 0 aliphatic rings. The Labute approximate surface area is 113 Å². The molecule has 1 unspecified atom stereocenters. The first-order chi connectivity index (χ1) is 9.02. The molecule has 0 radical (unpaired) electrons. The number of carbonyl (C=O) groups excluding carboxylic acids is 1. The predicted molar refractivity (Wildman–Crippen MR) is 76.4 cm³/mol. The summed E-state index contributed by atoms with van der Waals surface area (Å²) in [6, 6.07) is 9.55. The molecule has 0 saturated carbocycles. The van der Waals surface area contributed by atoms with Crippen LogP contribution in [0, 0.1) is 12.8 Å². The number of benzene rings is 1. The number of hydrogen-bond donors (Lipinski definition) is 0. The van der Waals surface area contributed by atoms with E-state index in [1.165, 1.54) is 0 Å². The number of Topliss-reactive ketones (excluding diaryl/α,β-unsaturated/α-hetero) is 1. The minimum Gasteiger partial charge on any atom is -0.373 e. The highest BCUT2D eigenvalue weighted by molar-refractivity contribution is 6.02. The number of pyridine rings is 1. The summed E-state index contributed by atoms with van der Waals surface area (Å²) in [5, 5.41) is 0.982. The van der Waals surface area contributed by atoms with E-state index >= 15 is 0 Å². The van der Waals surface area contributed by atoms with E-state index in [0.717, 1.165) is 16.6 Å². The van der Waals surface area contributed by atoms with Crippen molar-refractivity contribution in [3.63, 3.8) is 0 Å². The number of rotatable bonds is 4. The molecule has 1 aromatic carbocycles. The van der Waals surface area contributed by atoms with E-state index in [9.17, 15) is 4.79 Å². The molecule has 0 saturated heterocycles. The first-order valence-corrected chi connectivity index (χ1v) is 6.47. The number of aromatic nitrogens is 1. The van der Waals surface area contributed by atoms with Gasteiger partial charge in [0.15, 0.2) is 5.78 Å². The van der Waals surface area contributed by atoms with Crippen molar-refractivity contribution >= 4 is 16.7 Å². The zero-order chi connectivity index (χ0) is 14.0. The molecule has 0 amide bonds. The second kappa shape index (κ2) is 5.49. The van der Waals surface area contributed by atoms with Gasteiger partial charge in [0, 0.05) is 23.8 Å². The van der Waals surface area contributed by atoms with E-state index < -0.39 is 6.10 Å². The molecule has 0 aliphatic carbocycles. The molecule has 1 atom stereocenters. The maximum Gasteiger partial charge on any atom is 0.191 e. The molecule has 1 heterocycles. The van der Waals surface area contributed by atoms with Crippen LogP contribution in [0.1, 0.15) is 29.9 Å². The van der Waals surface area contributed by atoms with Crippen molar-refractivity contribution in [2.45, 2.75) is 26.9 Å². The number of carbonyl (C=O) groups is 1. The summed E-state index contributed by atoms with van der Waals surface area (Å²) in [6.45, 7) is 5.92. The van der Waals surface area contributed by atoms with Crippen LogP contribution in [-0.4, -0.2) is 24.0 Å². The van der Waals surface area contributed by atoms with Gasteiger partial charge in [-0.15, -0.1) is 0 Å². The van der Waals surface area contributed by atoms with Crippen molar-refractivity contribution in [1.29, 1.82) is 0 Å². The number of fused-ring (bicyclic) bond motifs is 1. The van der Waals surface area contributed by atoms with Crippen molar-refractivity contribution in [2.24, 2.45) is 5.92 Å². The van der Waals surface area contributed by atoms with Crippen LogP contribution in [0.15, 0.2) is 30.3 Å². The van der Waals surface area contributed by atoms with Crippen molar-refractivity contribution in [3.8, 4) is 0 Å². The molecule has 0 aliphatic heterocycles. The standard InChI is InChI=1S/C16H19NO2/c1-10(2)16(19-4)15(18)13-7-8-14-12(9-13)6-5-11(3)17-14/h5-10,16H,1-4H3. The van der Waals surface area contributed by atoms with Gasteiger partial charge >= 0.3 is 0 Å². The number of ether oxygens (including phenoxy) is 1. The Morgan fingerprint density at radius 2 is 1.95 bits per heavy atom. The lowest BCUT2D eigenvalue weighted by atomic mass is 9.96. The molecule has 0 N–H and O–H groups in total. The largest absolute Gasteiger partial charge is 0.373 e. The number of aryl methyl sites for hydroxylation is 1. The monoisotopic (exact) mass is 257 g/mol. The third-order valence-electron chi connectivity index (χ3n) is 3.23. The summed E-state index contributed by atoms with van der Waals surface area (Å²) in [7, 11) is 1.58. The van der Waals surface area contributed by atoms with E-state index in [1.807, 2.05) is 51.1 Å². The van der Waals surface area contributed by atoms with Crippen molar-refractivity contribution in [3.05, 3.63) is 41.6 Å². The number of nitrogens with zero attached hydrogens (tertiary/aromatic N) is 1. The highest BCUT2D eigenvalue weighted by Crippen LogP contribution is 2.18. The van der Waals surface area contributed by atoms with Crippen LogP contribution in [-0.2, 0) is 4.74 Å². The average molecular weight is 257 g/mol. The lowest BCUT2D eigenvalue weighted by Crippen LogP contribution is -2.28. The Morgan fingerprint density at radius 3 is 2.58 bits per heavy atom. The van der Waals surface area contributed by atoms with Crippen molar-refractivity contribution in [2.75, 3.05) is 7.11 Å². The van der Waals surface area contributed by atoms with Crippen molar-refractivity contribution in [1.82, 2.24) is 4.98 Å². The van der Waals surface area contributed by atoms with Gasteiger partial charge in [-0.3, -0.25) is 9.78 Å². The Morgan fingerprint density at radius 1 is 1.21 bits per heavy atom. The molecular weight excluding hydrogens is 238 g/mol. The molecule has 2 rings (SSSR count). The molecule has 3 heteroatoms. The van der Waals surface area contributed by atoms with Gasteiger partial charge < -0.3 is 4.74 Å². The van der Waals surface area contributed by atoms with Crippen LogP contribution in [0.2, 0.25) is 0 Å². The van der Waals surface area contributed by atoms with Crippen LogP contribution in [0.4, 0.5) is 0 Å². The Hall–Kier alpha value is -1.74. The normalized spacial score (nSPS) is 12.9. The van der Waals surface area contributed by atoms with Gasteiger partial charge in [-0.2, -0.15) is 0 Å². The number of methoxy groups -OCH3 is 1. The van der Waals surface area contributed by atoms with Crippen molar-refractivity contribution < 1.29 is 9.53 Å². The van der Waals surface area contributed by atoms with Gasteiger partial charge in [-0.25, -0.2) is 0 Å². The van der Waals surface area contributed by atoms with Crippen LogP contribution >= 0.6 is 0 Å². The summed E-state index contributed by atoms with van der Waals surface area (Å²) in [5.74, 6) is 0.185. The molecule has 0 spiro atoms. The van der Waals surface area contributed by atoms with E-state index in [0.29, 0.717) is 5.56 Å². The van der Waals surface area contributed by atoms with E-state index in [1.54, 1.807) is 7.11 Å². The Kier molecular flexibility index (Phi) is 3.96. The van der Waals surface area contributed by atoms with Gasteiger partial charge in [0.1, 0.15) is 6.10 Å². The summed E-state index contributed by atoms with van der Waals surface area (Å²) in [5.41, 5.74) is 2.57. The topological polar surface area (TPSA) is 39.2 Å². The summed E-state index contributed by atoms with van der Waals surface area (Å²) in [4.78, 5) is 16.8. The maximum absolute atomic E-state index is 12.4. The lowest BCUT2D eigenvalue weighted by molar-refractivity contribution is 0.0459. The van der Waals surface area contributed by atoms with Gasteiger partial charge in [-0.1, -0.05) is 19.9 Å². The molecule has 0 fully saturated rings. The van der Waals surface area contributed by atoms with E-state index in [4.69, 9.17) is 4.74 Å². The van der Waals surface area contributed by atoms with Crippen LogP contribution in [0.5, 0.6) is 0 Å². The number of hydrogen-bond acceptors (Lipinski definition) is 3. The molecule has 100 valence electrons. The highest BCUT2D eigenvalue weighted by atomic mass is 16.5. The van der Waals surface area contributed by atoms with Gasteiger partial charge in [0.05, 0.1) is 5.52 Å². The zero-order valence-electron chi connectivity index (χ0n) is 11.8. The van der Waals surface area contributed by atoms with Crippen LogP contribution in [0.25, 0.3) is 10.9 Å². The Balaban J connectivity index is 2.40. The van der Waals surface area contributed by atoms with Gasteiger partial charge in [0.2, 0.25) is 0 Å². The molecule has 2 aromatic rings. The molecule has 3 nitrogen and oxygen atoms in total. The smallest absolute Gasteiger partial charge is 0.191 e. The minimum atomic E-state index is -0.393. The maximum atomic E-state index is 12.4. The molecule has 1 aromatic heterocycles. The minimum absolute atomic E-state index is 0.0278. The Bertz CT molecular complexity index is 605. The zero-order valence-corrected chi connectivity index (χ0v) is 11.8. The van der Waals surface area contributed by atoms with Gasteiger partial charge in [0.25, 0.3) is 0 Å². The average Bonchev–Trinajstić information content (AvgIpc) is 2.38. The summed E-state index contributed by atoms with van der Waals surface area (Å²) >= 11 is 0. The van der Waals surface area contributed by atoms with E-state index in [-0.39, 0.29) is 11.7 Å². The van der Waals surface area contributed by atoms with Crippen LogP contribution in [0.3, 0.4) is 0 Å². The third kappa shape index (κ3) is 2.82. The fourth-order valence-corrected chi connectivity index (χ4v) is 2.23. The third-order valence-corrected chi connectivity index (χ3v) is 3.23. The fraction of sp³-hybridized carbons (Fsp3) is 0.375. The lowest BCUT2D eigenvalue weighted by Gasteiger charge is -2.18. The molecule has 0 bridgehead atoms. The number of ketones is 1. The second-order valence-electron chi connectivity index (χ2n) is 5.12. The fourth-order valence-electron chi connectivity index (χ4n) is 2.23.